The lowest BCUT2D eigenvalue weighted by molar-refractivity contribution is -0.161. The van der Waals surface area contributed by atoms with Crippen molar-refractivity contribution in [2.75, 3.05) is 26.4 Å². The molecule has 0 aliphatic rings. The Bertz CT molecular complexity index is 1420. The van der Waals surface area contributed by atoms with E-state index in [1.54, 1.807) is 0 Å². The number of rotatable bonds is 49. The Morgan fingerprint density at radius 2 is 0.765 bits per heavy atom. The summed E-state index contributed by atoms with van der Waals surface area (Å²) in [4.78, 5) is 48.2. The maximum absolute atomic E-state index is 12.8. The van der Waals surface area contributed by atoms with Gasteiger partial charge in [0, 0.05) is 19.3 Å². The van der Waals surface area contributed by atoms with Crippen molar-refractivity contribution < 1.29 is 52.2 Å². The van der Waals surface area contributed by atoms with E-state index < -0.39 is 57.8 Å². The molecule has 0 aromatic heterocycles. The van der Waals surface area contributed by atoms with Crippen molar-refractivity contribution in [3.05, 3.63) is 72.9 Å². The Morgan fingerprint density at radius 3 is 1.18 bits per heavy atom. The molecule has 0 spiro atoms. The van der Waals surface area contributed by atoms with Crippen LogP contribution in [0.5, 0.6) is 0 Å². The third kappa shape index (κ3) is 48.0. The van der Waals surface area contributed by atoms with Crippen molar-refractivity contribution in [3.8, 4) is 0 Å². The second-order valence-corrected chi connectivity index (χ2v) is 19.1. The molecule has 3 unspecified atom stereocenters. The zero-order chi connectivity index (χ0) is 49.9. The molecule has 0 amide bonds. The molecule has 0 saturated carbocycles. The van der Waals surface area contributed by atoms with E-state index >= 15 is 0 Å². The number of aliphatic hydroxyl groups excluding tert-OH is 1. The molecule has 11 nitrogen and oxygen atoms in total. The number of carbonyl (C=O) groups is 3. The number of aliphatic hydroxyl groups is 1. The molecule has 0 aliphatic heterocycles. The van der Waals surface area contributed by atoms with Gasteiger partial charge in [-0.15, -0.1) is 0 Å². The summed E-state index contributed by atoms with van der Waals surface area (Å²) in [5.74, 6) is -1.57. The smallest absolute Gasteiger partial charge is 0.462 e. The highest BCUT2D eigenvalue weighted by Gasteiger charge is 2.28. The first-order chi connectivity index (χ1) is 33.2. The van der Waals surface area contributed by atoms with Crippen molar-refractivity contribution in [3.63, 3.8) is 0 Å². The molecule has 3 atom stereocenters. The molecule has 0 aromatic rings. The summed E-state index contributed by atoms with van der Waals surface area (Å²) in [6.45, 7) is 4.42. The normalized spacial score (nSPS) is 14.0. The van der Waals surface area contributed by atoms with E-state index in [4.69, 9.17) is 23.3 Å². The van der Waals surface area contributed by atoms with Gasteiger partial charge in [0.1, 0.15) is 12.7 Å². The molecule has 0 aliphatic carbocycles. The zero-order valence-electron chi connectivity index (χ0n) is 43.1. The summed E-state index contributed by atoms with van der Waals surface area (Å²) in [5.41, 5.74) is 0. The number of hydrogen-bond acceptors (Lipinski definition) is 10. The molecular weight excluding hydrogens is 880 g/mol. The van der Waals surface area contributed by atoms with Crippen LogP contribution >= 0.6 is 7.82 Å². The summed E-state index contributed by atoms with van der Waals surface area (Å²) in [5, 5.41) is 9.77. The topological polar surface area (TPSA) is 155 Å². The number of ether oxygens (including phenoxy) is 3. The Balaban J connectivity index is 4.79. The van der Waals surface area contributed by atoms with Gasteiger partial charge in [-0.25, -0.2) is 4.57 Å². The fourth-order valence-electron chi connectivity index (χ4n) is 7.09. The molecule has 0 saturated heterocycles. The molecule has 392 valence electrons. The third-order valence-corrected chi connectivity index (χ3v) is 12.1. The molecule has 0 aromatic carbocycles. The number of allylic oxidation sites excluding steroid dienone is 12. The molecule has 2 N–H and O–H groups in total. The maximum atomic E-state index is 12.8. The number of phosphoric acid groups is 1. The minimum absolute atomic E-state index is 0.0429. The van der Waals surface area contributed by atoms with E-state index in [9.17, 15) is 28.9 Å². The van der Waals surface area contributed by atoms with Crippen LogP contribution in [0.25, 0.3) is 0 Å². The number of unbranched alkanes of at least 4 members (excludes halogenated alkanes) is 20. The molecule has 12 heteroatoms. The quantitative estimate of drug-likeness (QED) is 0.0197. The van der Waals surface area contributed by atoms with Gasteiger partial charge in [0.25, 0.3) is 0 Å². The second-order valence-electron chi connectivity index (χ2n) is 17.7. The van der Waals surface area contributed by atoms with E-state index in [1.807, 2.05) is 12.2 Å². The van der Waals surface area contributed by atoms with Gasteiger partial charge < -0.3 is 24.2 Å². The van der Waals surface area contributed by atoms with E-state index in [1.165, 1.54) is 89.9 Å². The van der Waals surface area contributed by atoms with Crippen molar-refractivity contribution in [2.24, 2.45) is 0 Å². The number of phosphoric ester groups is 1. The SMILES string of the molecule is CC/C=C\C/C=C\C/C=C\C/C=C\C/C=C\C/C=C\CCC(=O)OC(COC(=O)CCCCCCCCCCC)COP(=O)(O)OCC(CO)OC(=O)CCCCCCCCCCCCCCC. The maximum Gasteiger partial charge on any atom is 0.472 e. The van der Waals surface area contributed by atoms with Crippen LogP contribution in [0.1, 0.15) is 226 Å². The Morgan fingerprint density at radius 1 is 0.426 bits per heavy atom. The average molecular weight is 977 g/mol. The Labute approximate surface area is 414 Å². The molecule has 0 rings (SSSR count). The summed E-state index contributed by atoms with van der Waals surface area (Å²) in [7, 11) is -4.76. The van der Waals surface area contributed by atoms with Crippen LogP contribution in [0.2, 0.25) is 0 Å². The van der Waals surface area contributed by atoms with E-state index in [0.717, 1.165) is 77.0 Å². The fraction of sp³-hybridized carbons (Fsp3) is 0.732. The van der Waals surface area contributed by atoms with E-state index in [-0.39, 0.29) is 25.9 Å². The predicted octanol–water partition coefficient (Wildman–Crippen LogP) is 15.4. The minimum Gasteiger partial charge on any atom is -0.462 e. The van der Waals surface area contributed by atoms with E-state index in [2.05, 4.69) is 81.5 Å². The molecule has 0 fully saturated rings. The summed E-state index contributed by atoms with van der Waals surface area (Å²) >= 11 is 0. The molecule has 0 heterocycles. The lowest BCUT2D eigenvalue weighted by atomic mass is 10.0. The third-order valence-electron chi connectivity index (χ3n) is 11.2. The first-order valence-electron chi connectivity index (χ1n) is 26.8. The standard InChI is InChI=1S/C56H97O11P/c1-4-7-10-13-16-19-21-23-24-25-26-27-28-30-32-35-38-41-44-47-56(60)67-53(49-63-54(58)45-42-39-36-33-18-15-12-9-6-3)51-65-68(61,62)64-50-52(48-57)66-55(59)46-43-40-37-34-31-29-22-20-17-14-11-8-5-2/h7,10,16,19,23-24,26-27,30,32,38,41,52-53,57H,4-6,8-9,11-15,17-18,20-22,25,28-29,31,33-37,39-40,42-51H2,1-3H3,(H,61,62)/b10-7-,19-16-,24-23-,27-26-,32-30-,41-38-. The average Bonchev–Trinajstić information content (AvgIpc) is 3.32. The van der Waals surface area contributed by atoms with Gasteiger partial charge >= 0.3 is 25.7 Å². The lowest BCUT2D eigenvalue weighted by Crippen LogP contribution is -2.30. The zero-order valence-corrected chi connectivity index (χ0v) is 43.9. The van der Waals surface area contributed by atoms with Crippen molar-refractivity contribution >= 4 is 25.7 Å². The molecule has 0 bridgehead atoms. The van der Waals surface area contributed by atoms with Gasteiger partial charge in [0.2, 0.25) is 0 Å². The predicted molar refractivity (Wildman–Crippen MR) is 279 cm³/mol. The summed E-state index contributed by atoms with van der Waals surface area (Å²) < 4.78 is 39.2. The van der Waals surface area contributed by atoms with Crippen molar-refractivity contribution in [1.82, 2.24) is 0 Å². The van der Waals surface area contributed by atoms with Crippen molar-refractivity contribution in [2.45, 2.75) is 238 Å². The Hall–Kier alpha value is -3.08. The van der Waals surface area contributed by atoms with Gasteiger partial charge in [-0.2, -0.15) is 0 Å². The van der Waals surface area contributed by atoms with Crippen LogP contribution in [-0.2, 0) is 42.2 Å². The first kappa shape index (κ1) is 64.9. The minimum atomic E-state index is -4.76. The van der Waals surface area contributed by atoms with Crippen LogP contribution in [0.4, 0.5) is 0 Å². The van der Waals surface area contributed by atoms with Crippen molar-refractivity contribution in [1.29, 1.82) is 0 Å². The van der Waals surface area contributed by atoms with Gasteiger partial charge in [0.15, 0.2) is 6.10 Å². The van der Waals surface area contributed by atoms with Crippen LogP contribution in [0.3, 0.4) is 0 Å². The van der Waals surface area contributed by atoms with Gasteiger partial charge in [0.05, 0.1) is 19.8 Å². The highest BCUT2D eigenvalue weighted by Crippen LogP contribution is 2.43. The molecule has 0 radical (unpaired) electrons. The summed E-state index contributed by atoms with van der Waals surface area (Å²) in [6, 6.07) is 0. The fourth-order valence-corrected chi connectivity index (χ4v) is 7.87. The summed E-state index contributed by atoms with van der Waals surface area (Å²) in [6.07, 6.45) is 54.6. The highest BCUT2D eigenvalue weighted by molar-refractivity contribution is 7.47. The number of esters is 3. The van der Waals surface area contributed by atoms with Gasteiger partial charge in [-0.05, 0) is 57.8 Å². The second kappa shape index (κ2) is 50.3. The number of hydrogen-bond donors (Lipinski definition) is 2. The molecule has 68 heavy (non-hydrogen) atoms. The largest absolute Gasteiger partial charge is 0.472 e. The van der Waals surface area contributed by atoms with Gasteiger partial charge in [-0.1, -0.05) is 222 Å². The van der Waals surface area contributed by atoms with Crippen LogP contribution in [0.15, 0.2) is 72.9 Å². The van der Waals surface area contributed by atoms with Crippen LogP contribution < -0.4 is 0 Å². The monoisotopic (exact) mass is 977 g/mol. The Kier molecular flexibility index (Phi) is 48.0. The molecular formula is C56H97O11P. The first-order valence-corrected chi connectivity index (χ1v) is 28.3. The van der Waals surface area contributed by atoms with E-state index in [0.29, 0.717) is 19.3 Å². The number of carbonyl (C=O) groups excluding carboxylic acids is 3. The van der Waals surface area contributed by atoms with Crippen LogP contribution in [0, 0.1) is 0 Å². The van der Waals surface area contributed by atoms with Gasteiger partial charge in [-0.3, -0.25) is 23.4 Å². The van der Waals surface area contributed by atoms with Crippen LogP contribution in [-0.4, -0.2) is 66.5 Å². The highest BCUT2D eigenvalue weighted by atomic mass is 31.2. The lowest BCUT2D eigenvalue weighted by Gasteiger charge is -2.21.